The Labute approximate surface area is 115 Å². The average Bonchev–Trinajstić information content (AvgIpc) is 2.86. The van der Waals surface area contributed by atoms with Crippen molar-refractivity contribution in [3.05, 3.63) is 53.4 Å². The average molecular weight is 274 g/mol. The third-order valence-electron chi connectivity index (χ3n) is 2.74. The molecule has 6 heteroatoms. The first kappa shape index (κ1) is 13.8. The third kappa shape index (κ3) is 3.44. The van der Waals surface area contributed by atoms with E-state index in [1.807, 2.05) is 18.2 Å². The van der Waals surface area contributed by atoms with E-state index in [0.29, 0.717) is 5.69 Å². The van der Waals surface area contributed by atoms with Gasteiger partial charge < -0.3 is 14.9 Å². The molecule has 0 saturated heterocycles. The number of carbonyl (C=O) groups excluding carboxylic acids is 1. The molecule has 2 N–H and O–H groups in total. The summed E-state index contributed by atoms with van der Waals surface area (Å²) in [6.07, 6.45) is 0.203. The molecule has 0 aliphatic rings. The molecule has 0 aliphatic carbocycles. The molecule has 2 aromatic rings. The van der Waals surface area contributed by atoms with Crippen molar-refractivity contribution < 1.29 is 19.2 Å². The lowest BCUT2D eigenvalue weighted by Crippen LogP contribution is -2.42. The molecular formula is C14H14N2O4. The van der Waals surface area contributed by atoms with E-state index in [-0.39, 0.29) is 12.2 Å². The number of benzene rings is 1. The Kier molecular flexibility index (Phi) is 4.14. The first-order valence-electron chi connectivity index (χ1n) is 6.07. The number of carboxylic acids is 1. The molecule has 1 aromatic carbocycles. The number of carbonyl (C=O) groups is 2. The lowest BCUT2D eigenvalue weighted by atomic mass is 10.1. The summed E-state index contributed by atoms with van der Waals surface area (Å²) in [6.45, 7) is 1.68. The van der Waals surface area contributed by atoms with Crippen LogP contribution in [0.25, 0.3) is 0 Å². The molecule has 0 radical (unpaired) electrons. The van der Waals surface area contributed by atoms with Crippen LogP contribution >= 0.6 is 0 Å². The van der Waals surface area contributed by atoms with E-state index in [0.717, 1.165) is 5.56 Å². The topological polar surface area (TPSA) is 92.4 Å². The van der Waals surface area contributed by atoms with Crippen LogP contribution in [0, 0.1) is 6.92 Å². The fourth-order valence-electron chi connectivity index (χ4n) is 1.75. The van der Waals surface area contributed by atoms with Gasteiger partial charge in [-0.05, 0) is 12.5 Å². The smallest absolute Gasteiger partial charge is 0.326 e. The minimum absolute atomic E-state index is 0.00168. The van der Waals surface area contributed by atoms with Crippen LogP contribution in [-0.2, 0) is 11.2 Å². The molecule has 6 nitrogen and oxygen atoms in total. The summed E-state index contributed by atoms with van der Waals surface area (Å²) < 4.78 is 4.80. The Morgan fingerprint density at radius 2 is 2.05 bits per heavy atom. The van der Waals surface area contributed by atoms with Crippen LogP contribution in [0.4, 0.5) is 0 Å². The largest absolute Gasteiger partial charge is 0.480 e. The highest BCUT2D eigenvalue weighted by Crippen LogP contribution is 2.06. The molecule has 0 saturated carbocycles. The van der Waals surface area contributed by atoms with Crippen LogP contribution in [0.1, 0.15) is 21.8 Å². The number of aliphatic carboxylic acids is 1. The first-order valence-corrected chi connectivity index (χ1v) is 6.07. The van der Waals surface area contributed by atoms with Crippen molar-refractivity contribution in [3.8, 4) is 0 Å². The summed E-state index contributed by atoms with van der Waals surface area (Å²) in [5.74, 6) is -1.69. The standard InChI is InChI=1S/C14H14N2O4/c1-9-7-12(20-16-9)13(17)15-11(14(18)19)8-10-5-3-2-4-6-10/h2-7,11H,8H2,1H3,(H,15,17)(H,18,19). The number of aryl methyl sites for hydroxylation is 1. The fourth-order valence-corrected chi connectivity index (χ4v) is 1.75. The molecule has 0 bridgehead atoms. The second-order valence-corrected chi connectivity index (χ2v) is 4.39. The molecule has 1 unspecified atom stereocenters. The first-order chi connectivity index (χ1) is 9.56. The Balaban J connectivity index is 2.06. The maximum Gasteiger partial charge on any atom is 0.326 e. The number of nitrogens with one attached hydrogen (secondary N) is 1. The van der Waals surface area contributed by atoms with Crippen molar-refractivity contribution in [1.29, 1.82) is 0 Å². The molecule has 1 heterocycles. The van der Waals surface area contributed by atoms with Gasteiger partial charge in [-0.3, -0.25) is 4.79 Å². The number of carboxylic acid groups (broad SMARTS) is 1. The van der Waals surface area contributed by atoms with Crippen LogP contribution in [-0.4, -0.2) is 28.2 Å². The predicted molar refractivity (Wildman–Crippen MR) is 70.3 cm³/mol. The van der Waals surface area contributed by atoms with Gasteiger partial charge in [-0.2, -0.15) is 0 Å². The van der Waals surface area contributed by atoms with Crippen LogP contribution in [0.3, 0.4) is 0 Å². The lowest BCUT2D eigenvalue weighted by molar-refractivity contribution is -0.139. The predicted octanol–water partition coefficient (Wildman–Crippen LogP) is 1.41. The maximum atomic E-state index is 11.9. The molecule has 1 atom stereocenters. The van der Waals surface area contributed by atoms with Crippen molar-refractivity contribution in [2.75, 3.05) is 0 Å². The minimum Gasteiger partial charge on any atom is -0.480 e. The van der Waals surface area contributed by atoms with Crippen LogP contribution < -0.4 is 5.32 Å². The Bertz CT molecular complexity index is 607. The van der Waals surface area contributed by atoms with Gasteiger partial charge in [0.05, 0.1) is 5.69 Å². The normalized spacial score (nSPS) is 11.8. The Morgan fingerprint density at radius 3 is 2.60 bits per heavy atom. The lowest BCUT2D eigenvalue weighted by Gasteiger charge is -2.13. The zero-order chi connectivity index (χ0) is 14.5. The third-order valence-corrected chi connectivity index (χ3v) is 2.74. The number of rotatable bonds is 5. The molecule has 20 heavy (non-hydrogen) atoms. The molecule has 0 fully saturated rings. The zero-order valence-electron chi connectivity index (χ0n) is 10.9. The van der Waals surface area contributed by atoms with E-state index < -0.39 is 17.9 Å². The van der Waals surface area contributed by atoms with Crippen LogP contribution in [0.15, 0.2) is 40.9 Å². The van der Waals surface area contributed by atoms with E-state index in [1.165, 1.54) is 6.07 Å². The molecular weight excluding hydrogens is 260 g/mol. The highest BCUT2D eigenvalue weighted by Gasteiger charge is 2.22. The summed E-state index contributed by atoms with van der Waals surface area (Å²) in [5.41, 5.74) is 1.39. The Morgan fingerprint density at radius 1 is 1.35 bits per heavy atom. The number of amides is 1. The summed E-state index contributed by atoms with van der Waals surface area (Å²) in [6, 6.07) is 9.52. The van der Waals surface area contributed by atoms with Crippen molar-refractivity contribution >= 4 is 11.9 Å². The molecule has 0 spiro atoms. The van der Waals surface area contributed by atoms with Crippen molar-refractivity contribution in [2.24, 2.45) is 0 Å². The van der Waals surface area contributed by atoms with E-state index in [2.05, 4.69) is 10.5 Å². The summed E-state index contributed by atoms with van der Waals surface area (Å²) >= 11 is 0. The number of nitrogens with zero attached hydrogens (tertiary/aromatic N) is 1. The van der Waals surface area contributed by atoms with Gasteiger partial charge in [0.1, 0.15) is 6.04 Å². The van der Waals surface area contributed by atoms with Gasteiger partial charge in [-0.1, -0.05) is 35.5 Å². The van der Waals surface area contributed by atoms with Crippen molar-refractivity contribution in [2.45, 2.75) is 19.4 Å². The Hall–Kier alpha value is -2.63. The number of hydrogen-bond acceptors (Lipinski definition) is 4. The fraction of sp³-hybridized carbons (Fsp3) is 0.214. The van der Waals surface area contributed by atoms with Gasteiger partial charge in [-0.15, -0.1) is 0 Å². The van der Waals surface area contributed by atoms with E-state index in [4.69, 9.17) is 4.52 Å². The minimum atomic E-state index is -1.10. The summed E-state index contributed by atoms with van der Waals surface area (Å²) in [5, 5.41) is 15.2. The maximum absolute atomic E-state index is 11.9. The highest BCUT2D eigenvalue weighted by atomic mass is 16.5. The van der Waals surface area contributed by atoms with E-state index >= 15 is 0 Å². The monoisotopic (exact) mass is 274 g/mol. The molecule has 1 aromatic heterocycles. The second-order valence-electron chi connectivity index (χ2n) is 4.39. The molecule has 104 valence electrons. The van der Waals surface area contributed by atoms with E-state index in [1.54, 1.807) is 19.1 Å². The molecule has 2 rings (SSSR count). The quantitative estimate of drug-likeness (QED) is 0.860. The summed E-state index contributed by atoms with van der Waals surface area (Å²) in [4.78, 5) is 23.1. The van der Waals surface area contributed by atoms with Gasteiger partial charge >= 0.3 is 5.97 Å². The van der Waals surface area contributed by atoms with Crippen LogP contribution in [0.5, 0.6) is 0 Å². The van der Waals surface area contributed by atoms with Crippen molar-refractivity contribution in [3.63, 3.8) is 0 Å². The summed E-state index contributed by atoms with van der Waals surface area (Å²) in [7, 11) is 0. The van der Waals surface area contributed by atoms with Crippen LogP contribution in [0.2, 0.25) is 0 Å². The number of aromatic nitrogens is 1. The molecule has 1 amide bonds. The van der Waals surface area contributed by atoms with Gasteiger partial charge in [0.15, 0.2) is 0 Å². The van der Waals surface area contributed by atoms with Gasteiger partial charge in [0.25, 0.3) is 5.91 Å². The SMILES string of the molecule is Cc1cc(C(=O)NC(Cc2ccccc2)C(=O)O)on1. The van der Waals surface area contributed by atoms with Gasteiger partial charge in [0.2, 0.25) is 5.76 Å². The van der Waals surface area contributed by atoms with Gasteiger partial charge in [0, 0.05) is 12.5 Å². The second kappa shape index (κ2) is 6.01. The molecule has 0 aliphatic heterocycles. The van der Waals surface area contributed by atoms with Crippen molar-refractivity contribution in [1.82, 2.24) is 10.5 Å². The highest BCUT2D eigenvalue weighted by molar-refractivity contribution is 5.94. The zero-order valence-corrected chi connectivity index (χ0v) is 10.9. The van der Waals surface area contributed by atoms with Gasteiger partial charge in [-0.25, -0.2) is 4.79 Å². The van der Waals surface area contributed by atoms with E-state index in [9.17, 15) is 14.7 Å². The number of hydrogen-bond donors (Lipinski definition) is 2.